The standard InChI is InChI=1S/C16H18FN3/c1-10-7-13(10)14-9-16-18-6-5-15(20(16)19-14)11-3-2-4-12(17)8-11/h2-4,8-10,13,15,18H,5-7H2,1H3. The second kappa shape index (κ2) is 4.33. The highest BCUT2D eigenvalue weighted by Crippen LogP contribution is 2.47. The molecule has 3 nitrogen and oxygen atoms in total. The summed E-state index contributed by atoms with van der Waals surface area (Å²) in [5, 5.41) is 8.18. The van der Waals surface area contributed by atoms with Gasteiger partial charge in [-0.15, -0.1) is 0 Å². The van der Waals surface area contributed by atoms with E-state index in [9.17, 15) is 4.39 Å². The van der Waals surface area contributed by atoms with E-state index in [2.05, 4.69) is 18.3 Å². The van der Waals surface area contributed by atoms with Crippen molar-refractivity contribution in [2.75, 3.05) is 11.9 Å². The Labute approximate surface area is 117 Å². The minimum Gasteiger partial charge on any atom is -0.370 e. The van der Waals surface area contributed by atoms with Gasteiger partial charge in [-0.3, -0.25) is 0 Å². The van der Waals surface area contributed by atoms with Gasteiger partial charge in [-0.05, 0) is 36.5 Å². The summed E-state index contributed by atoms with van der Waals surface area (Å²) < 4.78 is 15.5. The van der Waals surface area contributed by atoms with E-state index in [0.717, 1.165) is 30.3 Å². The molecule has 2 aliphatic rings. The van der Waals surface area contributed by atoms with Crippen LogP contribution in [0, 0.1) is 11.7 Å². The fraction of sp³-hybridized carbons (Fsp3) is 0.438. The fourth-order valence-electron chi connectivity index (χ4n) is 3.18. The predicted octanol–water partition coefficient (Wildman–Crippen LogP) is 3.55. The van der Waals surface area contributed by atoms with Crippen LogP contribution in [-0.4, -0.2) is 16.3 Å². The van der Waals surface area contributed by atoms with Crippen molar-refractivity contribution in [1.82, 2.24) is 9.78 Å². The van der Waals surface area contributed by atoms with E-state index >= 15 is 0 Å². The van der Waals surface area contributed by atoms with Gasteiger partial charge >= 0.3 is 0 Å². The Bertz CT molecular complexity index is 649. The van der Waals surface area contributed by atoms with E-state index in [0.29, 0.717) is 5.92 Å². The van der Waals surface area contributed by atoms with Gasteiger partial charge in [0.15, 0.2) is 0 Å². The van der Waals surface area contributed by atoms with Gasteiger partial charge in [0, 0.05) is 18.5 Å². The summed E-state index contributed by atoms with van der Waals surface area (Å²) in [5.41, 5.74) is 2.19. The van der Waals surface area contributed by atoms with Gasteiger partial charge in [-0.1, -0.05) is 19.1 Å². The molecule has 20 heavy (non-hydrogen) atoms. The van der Waals surface area contributed by atoms with Crippen LogP contribution in [0.5, 0.6) is 0 Å². The van der Waals surface area contributed by atoms with Crippen molar-refractivity contribution in [3.63, 3.8) is 0 Å². The number of benzene rings is 1. The number of nitrogens with zero attached hydrogens (tertiary/aromatic N) is 2. The van der Waals surface area contributed by atoms with Crippen LogP contribution < -0.4 is 5.32 Å². The first kappa shape index (κ1) is 11.9. The Morgan fingerprint density at radius 2 is 2.20 bits per heavy atom. The number of nitrogens with one attached hydrogen (secondary N) is 1. The lowest BCUT2D eigenvalue weighted by molar-refractivity contribution is 0.475. The maximum absolute atomic E-state index is 13.4. The molecule has 3 unspecified atom stereocenters. The Balaban J connectivity index is 1.72. The molecule has 1 N–H and O–H groups in total. The molecule has 4 heteroatoms. The largest absolute Gasteiger partial charge is 0.370 e. The van der Waals surface area contributed by atoms with Crippen LogP contribution in [0.4, 0.5) is 10.2 Å². The van der Waals surface area contributed by atoms with Gasteiger partial charge < -0.3 is 5.32 Å². The highest BCUT2D eigenvalue weighted by molar-refractivity contribution is 5.43. The van der Waals surface area contributed by atoms with Crippen LogP contribution in [0.2, 0.25) is 0 Å². The number of fused-ring (bicyclic) bond motifs is 1. The summed E-state index contributed by atoms with van der Waals surface area (Å²) in [6, 6.07) is 9.19. The average Bonchev–Trinajstić information content (AvgIpc) is 3.01. The van der Waals surface area contributed by atoms with Gasteiger partial charge in [0.2, 0.25) is 0 Å². The lowest BCUT2D eigenvalue weighted by atomic mass is 10.0. The van der Waals surface area contributed by atoms with Gasteiger partial charge in [0.05, 0.1) is 11.7 Å². The third-order valence-corrected chi connectivity index (χ3v) is 4.50. The first-order valence-electron chi connectivity index (χ1n) is 7.31. The van der Waals surface area contributed by atoms with Crippen LogP contribution >= 0.6 is 0 Å². The molecule has 0 radical (unpaired) electrons. The van der Waals surface area contributed by atoms with Crippen molar-refractivity contribution in [1.29, 1.82) is 0 Å². The SMILES string of the molecule is CC1CC1c1cc2n(n1)C(c1cccc(F)c1)CCN2. The molecular weight excluding hydrogens is 253 g/mol. The topological polar surface area (TPSA) is 29.9 Å². The summed E-state index contributed by atoms with van der Waals surface area (Å²) in [5.74, 6) is 2.26. The molecule has 0 saturated heterocycles. The second-order valence-electron chi connectivity index (χ2n) is 6.00. The van der Waals surface area contributed by atoms with E-state index in [-0.39, 0.29) is 11.9 Å². The van der Waals surface area contributed by atoms with Crippen LogP contribution in [0.25, 0.3) is 0 Å². The molecule has 1 aromatic carbocycles. The molecular formula is C16H18FN3. The summed E-state index contributed by atoms with van der Waals surface area (Å²) in [6.45, 7) is 3.17. The molecule has 1 fully saturated rings. The summed E-state index contributed by atoms with van der Waals surface area (Å²) in [7, 11) is 0. The minimum absolute atomic E-state index is 0.143. The third kappa shape index (κ3) is 1.90. The Hall–Kier alpha value is -1.84. The van der Waals surface area contributed by atoms with Crippen molar-refractivity contribution in [2.45, 2.75) is 31.7 Å². The summed E-state index contributed by atoms with van der Waals surface area (Å²) in [4.78, 5) is 0. The number of halogens is 1. The number of rotatable bonds is 2. The Morgan fingerprint density at radius 1 is 1.35 bits per heavy atom. The van der Waals surface area contributed by atoms with Gasteiger partial charge in [-0.25, -0.2) is 9.07 Å². The molecule has 4 rings (SSSR count). The lowest BCUT2D eigenvalue weighted by Crippen LogP contribution is -2.24. The van der Waals surface area contributed by atoms with Gasteiger partial charge in [0.1, 0.15) is 11.6 Å². The van der Waals surface area contributed by atoms with E-state index in [1.54, 1.807) is 12.1 Å². The highest BCUT2D eigenvalue weighted by Gasteiger charge is 2.37. The average molecular weight is 271 g/mol. The fourth-order valence-corrected chi connectivity index (χ4v) is 3.18. The monoisotopic (exact) mass is 271 g/mol. The van der Waals surface area contributed by atoms with Crippen LogP contribution in [0.3, 0.4) is 0 Å². The molecule has 104 valence electrons. The number of hydrogen-bond donors (Lipinski definition) is 1. The van der Waals surface area contributed by atoms with Crippen LogP contribution in [-0.2, 0) is 0 Å². The lowest BCUT2D eigenvalue weighted by Gasteiger charge is -2.26. The normalized spacial score (nSPS) is 27.8. The van der Waals surface area contributed by atoms with Crippen molar-refractivity contribution < 1.29 is 4.39 Å². The maximum atomic E-state index is 13.4. The molecule has 2 heterocycles. The number of aromatic nitrogens is 2. The third-order valence-electron chi connectivity index (χ3n) is 4.50. The molecule has 0 bridgehead atoms. The molecule has 1 aliphatic carbocycles. The van der Waals surface area contributed by atoms with E-state index in [1.165, 1.54) is 18.2 Å². The first-order valence-corrected chi connectivity index (χ1v) is 7.31. The molecule has 1 saturated carbocycles. The molecule has 1 aliphatic heterocycles. The van der Waals surface area contributed by atoms with Gasteiger partial charge in [-0.2, -0.15) is 5.10 Å². The van der Waals surface area contributed by atoms with Gasteiger partial charge in [0.25, 0.3) is 0 Å². The Kier molecular flexibility index (Phi) is 2.59. The molecule has 1 aromatic heterocycles. The zero-order valence-electron chi connectivity index (χ0n) is 11.5. The van der Waals surface area contributed by atoms with E-state index in [1.807, 2.05) is 10.7 Å². The molecule has 2 aromatic rings. The number of hydrogen-bond acceptors (Lipinski definition) is 2. The van der Waals surface area contributed by atoms with Crippen molar-refractivity contribution >= 4 is 5.82 Å². The zero-order chi connectivity index (χ0) is 13.7. The quantitative estimate of drug-likeness (QED) is 0.905. The molecule has 3 atom stereocenters. The van der Waals surface area contributed by atoms with E-state index < -0.39 is 0 Å². The highest BCUT2D eigenvalue weighted by atomic mass is 19.1. The zero-order valence-corrected chi connectivity index (χ0v) is 11.5. The Morgan fingerprint density at radius 3 is 2.95 bits per heavy atom. The number of anilines is 1. The molecule has 0 amide bonds. The first-order chi connectivity index (χ1) is 9.72. The summed E-state index contributed by atoms with van der Waals surface area (Å²) in [6.07, 6.45) is 2.18. The molecule has 0 spiro atoms. The summed E-state index contributed by atoms with van der Waals surface area (Å²) >= 11 is 0. The smallest absolute Gasteiger partial charge is 0.125 e. The minimum atomic E-state index is -0.175. The van der Waals surface area contributed by atoms with E-state index in [4.69, 9.17) is 5.10 Å². The van der Waals surface area contributed by atoms with Crippen molar-refractivity contribution in [2.24, 2.45) is 5.92 Å². The second-order valence-corrected chi connectivity index (χ2v) is 6.00. The van der Waals surface area contributed by atoms with Crippen LogP contribution in [0.15, 0.2) is 30.3 Å². The van der Waals surface area contributed by atoms with Crippen molar-refractivity contribution in [3.05, 3.63) is 47.4 Å². The van der Waals surface area contributed by atoms with Crippen molar-refractivity contribution in [3.8, 4) is 0 Å². The maximum Gasteiger partial charge on any atom is 0.125 e. The van der Waals surface area contributed by atoms with Crippen LogP contribution in [0.1, 0.15) is 43.0 Å². The predicted molar refractivity (Wildman–Crippen MR) is 76.4 cm³/mol.